The van der Waals surface area contributed by atoms with Crippen molar-refractivity contribution in [2.24, 2.45) is 0 Å². The highest BCUT2D eigenvalue weighted by atomic mass is 19.4. The normalized spacial score (nSPS) is 11.8. The lowest BCUT2D eigenvalue weighted by molar-refractivity contribution is -0.143. The Kier molecular flexibility index (Phi) is 6.19. The fourth-order valence-corrected chi connectivity index (χ4v) is 2.43. The number of nitrogens with one attached hydrogen (secondary N) is 1. The van der Waals surface area contributed by atoms with Gasteiger partial charge in [-0.25, -0.2) is 0 Å². The maximum absolute atomic E-state index is 13.0. The van der Waals surface area contributed by atoms with Crippen LogP contribution in [0.5, 0.6) is 17.2 Å². The van der Waals surface area contributed by atoms with Crippen LogP contribution in [0.25, 0.3) is 0 Å². The summed E-state index contributed by atoms with van der Waals surface area (Å²) >= 11 is 0. The van der Waals surface area contributed by atoms with E-state index in [4.69, 9.17) is 14.2 Å². The van der Waals surface area contributed by atoms with Gasteiger partial charge in [0.25, 0.3) is 5.91 Å². The van der Waals surface area contributed by atoms with Gasteiger partial charge in [0.15, 0.2) is 11.5 Å². The number of hydrogen-bond donors (Lipinski definition) is 1. The summed E-state index contributed by atoms with van der Waals surface area (Å²) in [5.74, 6) is -0.712. The maximum atomic E-state index is 13.0. The van der Waals surface area contributed by atoms with Crippen molar-refractivity contribution in [3.05, 3.63) is 47.0 Å². The zero-order chi connectivity index (χ0) is 22.0. The van der Waals surface area contributed by atoms with Crippen molar-refractivity contribution < 1.29 is 45.3 Å². The van der Waals surface area contributed by atoms with Crippen LogP contribution in [-0.4, -0.2) is 27.2 Å². The van der Waals surface area contributed by atoms with Gasteiger partial charge in [-0.15, -0.1) is 0 Å². The second kappa shape index (κ2) is 8.10. The highest BCUT2D eigenvalue weighted by Crippen LogP contribution is 2.38. The summed E-state index contributed by atoms with van der Waals surface area (Å²) in [5.41, 5.74) is -3.98. The third kappa shape index (κ3) is 5.04. The van der Waals surface area contributed by atoms with Gasteiger partial charge in [0.05, 0.1) is 38.0 Å². The molecular weight excluding hydrogens is 408 g/mol. The molecule has 5 nitrogen and oxygen atoms in total. The van der Waals surface area contributed by atoms with Gasteiger partial charge in [0, 0.05) is 17.8 Å². The molecule has 0 aliphatic heterocycles. The lowest BCUT2D eigenvalue weighted by Gasteiger charge is -2.16. The van der Waals surface area contributed by atoms with Crippen molar-refractivity contribution in [3.8, 4) is 17.2 Å². The van der Waals surface area contributed by atoms with Crippen LogP contribution < -0.4 is 19.5 Å². The zero-order valence-corrected chi connectivity index (χ0v) is 15.3. The predicted octanol–water partition coefficient (Wildman–Crippen LogP) is 5.00. The molecule has 0 aliphatic carbocycles. The number of halogens is 6. The molecule has 2 aromatic carbocycles. The minimum atomic E-state index is -5.04. The number of carbonyl (C=O) groups excluding carboxylic acids is 1. The summed E-state index contributed by atoms with van der Waals surface area (Å²) in [6.07, 6.45) is -10.1. The van der Waals surface area contributed by atoms with E-state index in [1.54, 1.807) is 0 Å². The Balaban J connectivity index is 2.50. The van der Waals surface area contributed by atoms with Gasteiger partial charge >= 0.3 is 12.4 Å². The molecule has 1 N–H and O–H groups in total. The first-order valence-electron chi connectivity index (χ1n) is 7.81. The first-order valence-corrected chi connectivity index (χ1v) is 7.81. The Morgan fingerprint density at radius 1 is 0.724 bits per heavy atom. The Labute approximate surface area is 161 Å². The number of ether oxygens (including phenoxy) is 3. The minimum Gasteiger partial charge on any atom is -0.496 e. The van der Waals surface area contributed by atoms with Crippen LogP contribution in [0.2, 0.25) is 0 Å². The van der Waals surface area contributed by atoms with Crippen LogP contribution in [0.1, 0.15) is 21.5 Å². The molecule has 1 amide bonds. The maximum Gasteiger partial charge on any atom is 0.416 e. The SMILES string of the molecule is COc1cc(OC)c(C(=O)Nc2cc(C(F)(F)F)cc(C(F)(F)F)c2)cc1OC. The number of anilines is 1. The summed E-state index contributed by atoms with van der Waals surface area (Å²) in [6, 6.07) is 3.25. The molecule has 2 aromatic rings. The molecule has 158 valence electrons. The molecule has 0 heterocycles. The summed E-state index contributed by atoms with van der Waals surface area (Å²) in [6.45, 7) is 0. The van der Waals surface area contributed by atoms with Crippen molar-refractivity contribution in [2.45, 2.75) is 12.4 Å². The van der Waals surface area contributed by atoms with Crippen LogP contribution in [-0.2, 0) is 12.4 Å². The second-order valence-corrected chi connectivity index (χ2v) is 5.66. The van der Waals surface area contributed by atoms with Gasteiger partial charge in [-0.1, -0.05) is 0 Å². The predicted molar refractivity (Wildman–Crippen MR) is 90.5 cm³/mol. The highest BCUT2D eigenvalue weighted by Gasteiger charge is 2.37. The molecule has 0 bridgehead atoms. The average molecular weight is 423 g/mol. The standard InChI is InChI=1S/C18H15F6NO4/c1-27-13-8-15(29-3)14(28-2)7-12(13)16(26)25-11-5-9(17(19,20)21)4-10(6-11)18(22,23)24/h4-8H,1-3H3,(H,25,26). The van der Waals surface area contributed by atoms with E-state index in [0.717, 1.165) is 0 Å². The molecule has 0 unspecified atom stereocenters. The first kappa shape index (κ1) is 22.2. The molecule has 0 aliphatic rings. The molecular formula is C18H15F6NO4. The summed E-state index contributed by atoms with van der Waals surface area (Å²) in [7, 11) is 3.84. The summed E-state index contributed by atoms with van der Waals surface area (Å²) < 4.78 is 92.9. The van der Waals surface area contributed by atoms with Crippen LogP contribution in [0, 0.1) is 0 Å². The van der Waals surface area contributed by atoms with Crippen molar-refractivity contribution in [3.63, 3.8) is 0 Å². The molecule has 11 heteroatoms. The van der Waals surface area contributed by atoms with Crippen LogP contribution in [0.15, 0.2) is 30.3 Å². The molecule has 2 rings (SSSR count). The van der Waals surface area contributed by atoms with Gasteiger partial charge in [-0.2, -0.15) is 26.3 Å². The molecule has 0 saturated heterocycles. The molecule has 0 spiro atoms. The van der Waals surface area contributed by atoms with E-state index in [1.165, 1.54) is 33.5 Å². The number of hydrogen-bond acceptors (Lipinski definition) is 4. The highest BCUT2D eigenvalue weighted by molar-refractivity contribution is 6.06. The molecule has 29 heavy (non-hydrogen) atoms. The van der Waals surface area contributed by atoms with Gasteiger partial charge < -0.3 is 19.5 Å². The number of benzene rings is 2. The zero-order valence-electron chi connectivity index (χ0n) is 15.3. The van der Waals surface area contributed by atoms with E-state index in [0.29, 0.717) is 12.1 Å². The summed E-state index contributed by atoms with van der Waals surface area (Å²) in [5, 5.41) is 2.03. The number of methoxy groups -OCH3 is 3. The Morgan fingerprint density at radius 3 is 1.59 bits per heavy atom. The fourth-order valence-electron chi connectivity index (χ4n) is 2.43. The smallest absolute Gasteiger partial charge is 0.416 e. The third-order valence-electron chi connectivity index (χ3n) is 3.80. The van der Waals surface area contributed by atoms with Gasteiger partial charge in [0.2, 0.25) is 0 Å². The molecule has 0 atom stereocenters. The van der Waals surface area contributed by atoms with E-state index >= 15 is 0 Å². The third-order valence-corrected chi connectivity index (χ3v) is 3.80. The monoisotopic (exact) mass is 423 g/mol. The lowest BCUT2D eigenvalue weighted by atomic mass is 10.1. The average Bonchev–Trinajstić information content (AvgIpc) is 2.65. The van der Waals surface area contributed by atoms with Crippen molar-refractivity contribution in [1.29, 1.82) is 0 Å². The Morgan fingerprint density at radius 2 is 1.17 bits per heavy atom. The number of rotatable bonds is 5. The van der Waals surface area contributed by atoms with Crippen molar-refractivity contribution >= 4 is 11.6 Å². The Bertz CT molecular complexity index is 876. The number of alkyl halides is 6. The quantitative estimate of drug-likeness (QED) is 0.688. The van der Waals surface area contributed by atoms with Gasteiger partial charge in [0.1, 0.15) is 5.75 Å². The molecule has 0 radical (unpaired) electrons. The molecule has 0 saturated carbocycles. The lowest BCUT2D eigenvalue weighted by Crippen LogP contribution is -2.16. The van der Waals surface area contributed by atoms with Crippen molar-refractivity contribution in [1.82, 2.24) is 0 Å². The topological polar surface area (TPSA) is 56.8 Å². The van der Waals surface area contributed by atoms with E-state index < -0.39 is 35.1 Å². The first-order chi connectivity index (χ1) is 13.4. The largest absolute Gasteiger partial charge is 0.496 e. The van der Waals surface area contributed by atoms with Gasteiger partial charge in [-0.05, 0) is 18.2 Å². The number of carbonyl (C=O) groups is 1. The second-order valence-electron chi connectivity index (χ2n) is 5.66. The number of amides is 1. The van der Waals surface area contributed by atoms with Crippen LogP contribution in [0.3, 0.4) is 0 Å². The van der Waals surface area contributed by atoms with Crippen molar-refractivity contribution in [2.75, 3.05) is 26.6 Å². The fraction of sp³-hybridized carbons (Fsp3) is 0.278. The molecule has 0 aromatic heterocycles. The van der Waals surface area contributed by atoms with E-state index in [1.807, 2.05) is 5.32 Å². The van der Waals surface area contributed by atoms with Crippen LogP contribution >= 0.6 is 0 Å². The van der Waals surface area contributed by atoms with E-state index in [9.17, 15) is 31.1 Å². The minimum absolute atomic E-state index is 0.0248. The Hall–Kier alpha value is -3.11. The van der Waals surface area contributed by atoms with E-state index in [-0.39, 0.29) is 28.9 Å². The summed E-state index contributed by atoms with van der Waals surface area (Å²) in [4.78, 5) is 12.5. The van der Waals surface area contributed by atoms with Gasteiger partial charge in [-0.3, -0.25) is 4.79 Å². The van der Waals surface area contributed by atoms with E-state index in [2.05, 4.69) is 0 Å². The van der Waals surface area contributed by atoms with Crippen LogP contribution in [0.4, 0.5) is 32.0 Å². The molecule has 0 fully saturated rings.